The highest BCUT2D eigenvalue weighted by molar-refractivity contribution is 5.69. The average molecular weight is 218 g/mol. The summed E-state index contributed by atoms with van der Waals surface area (Å²) in [7, 11) is 0. The van der Waals surface area contributed by atoms with Crippen LogP contribution in [0.25, 0.3) is 11.2 Å². The smallest absolute Gasteiger partial charge is 0.297 e. The van der Waals surface area contributed by atoms with Gasteiger partial charge in [0.2, 0.25) is 5.71 Å². The van der Waals surface area contributed by atoms with Crippen molar-refractivity contribution < 1.29 is 4.42 Å². The molecule has 0 spiro atoms. The third kappa shape index (κ3) is 1.74. The zero-order valence-electron chi connectivity index (χ0n) is 8.89. The molecule has 0 amide bonds. The first kappa shape index (κ1) is 9.59. The molecule has 0 aliphatic heterocycles. The number of anilines is 1. The third-order valence-electron chi connectivity index (χ3n) is 2.97. The summed E-state index contributed by atoms with van der Waals surface area (Å²) in [6, 6.07) is 4.97. The molecule has 0 aromatic carbocycles. The molecule has 2 aromatic rings. The molecular weight excluding hydrogens is 204 g/mol. The molecular formula is C11H14N4O. The Kier molecular flexibility index (Phi) is 2.25. The molecule has 2 aromatic heterocycles. The standard InChI is InChI=1S/C11H14N4O/c12-7-3-4-8(6-7)14-11-15-9-2-1-5-13-10(9)16-11/h1-2,5,7-8H,3-4,6,12H2,(H,14,15)/t7-,8-/m0/s1. The molecule has 1 fully saturated rings. The normalized spacial score (nSPS) is 25.1. The molecule has 2 atom stereocenters. The molecule has 0 unspecified atom stereocenters. The number of fused-ring (bicyclic) bond motifs is 1. The van der Waals surface area contributed by atoms with E-state index in [-0.39, 0.29) is 0 Å². The lowest BCUT2D eigenvalue weighted by Crippen LogP contribution is -2.20. The van der Waals surface area contributed by atoms with Gasteiger partial charge in [-0.3, -0.25) is 0 Å². The molecule has 1 aliphatic rings. The van der Waals surface area contributed by atoms with E-state index in [1.54, 1.807) is 6.20 Å². The van der Waals surface area contributed by atoms with Crippen molar-refractivity contribution in [1.82, 2.24) is 9.97 Å². The molecule has 2 heterocycles. The monoisotopic (exact) mass is 218 g/mol. The van der Waals surface area contributed by atoms with Crippen LogP contribution in [0.3, 0.4) is 0 Å². The maximum Gasteiger partial charge on any atom is 0.297 e. The molecule has 0 bridgehead atoms. The van der Waals surface area contributed by atoms with E-state index in [2.05, 4.69) is 15.3 Å². The Labute approximate surface area is 93.1 Å². The highest BCUT2D eigenvalue weighted by Gasteiger charge is 2.22. The van der Waals surface area contributed by atoms with Gasteiger partial charge in [-0.2, -0.15) is 4.98 Å². The maximum atomic E-state index is 5.85. The summed E-state index contributed by atoms with van der Waals surface area (Å²) in [6.45, 7) is 0. The molecule has 3 rings (SSSR count). The van der Waals surface area contributed by atoms with Crippen LogP contribution in [0.15, 0.2) is 22.7 Å². The molecule has 1 aliphatic carbocycles. The number of hydrogen-bond donors (Lipinski definition) is 2. The van der Waals surface area contributed by atoms with E-state index >= 15 is 0 Å². The van der Waals surface area contributed by atoms with E-state index in [4.69, 9.17) is 10.2 Å². The summed E-state index contributed by atoms with van der Waals surface area (Å²) in [5.41, 5.74) is 7.21. The van der Waals surface area contributed by atoms with Crippen LogP contribution in [-0.2, 0) is 0 Å². The van der Waals surface area contributed by atoms with Crippen LogP contribution in [0.4, 0.5) is 6.01 Å². The lowest BCUT2D eigenvalue weighted by atomic mass is 10.2. The fourth-order valence-electron chi connectivity index (χ4n) is 2.15. The SMILES string of the molecule is N[C@H]1CC[C@H](Nc2nc3cccnc3o2)C1. The second kappa shape index (κ2) is 3.75. The van der Waals surface area contributed by atoms with E-state index in [1.165, 1.54) is 0 Å². The van der Waals surface area contributed by atoms with E-state index < -0.39 is 0 Å². The summed E-state index contributed by atoms with van der Waals surface area (Å²) in [6.07, 6.45) is 4.82. The van der Waals surface area contributed by atoms with Crippen LogP contribution in [0, 0.1) is 0 Å². The van der Waals surface area contributed by atoms with E-state index in [0.717, 1.165) is 24.8 Å². The van der Waals surface area contributed by atoms with Crippen molar-refractivity contribution in [3.05, 3.63) is 18.3 Å². The van der Waals surface area contributed by atoms with Crippen molar-refractivity contribution in [2.75, 3.05) is 5.32 Å². The molecule has 3 N–H and O–H groups in total. The van der Waals surface area contributed by atoms with Gasteiger partial charge in [-0.05, 0) is 31.4 Å². The van der Waals surface area contributed by atoms with E-state index in [9.17, 15) is 0 Å². The van der Waals surface area contributed by atoms with Crippen LogP contribution in [0.1, 0.15) is 19.3 Å². The summed E-state index contributed by atoms with van der Waals surface area (Å²) < 4.78 is 5.49. The Morgan fingerprint density at radius 1 is 1.44 bits per heavy atom. The van der Waals surface area contributed by atoms with Gasteiger partial charge in [0.1, 0.15) is 5.52 Å². The van der Waals surface area contributed by atoms with Gasteiger partial charge < -0.3 is 15.5 Å². The maximum absolute atomic E-state index is 5.85. The Hall–Kier alpha value is -1.62. The van der Waals surface area contributed by atoms with Gasteiger partial charge in [0.25, 0.3) is 6.01 Å². The summed E-state index contributed by atoms with van der Waals surface area (Å²) >= 11 is 0. The van der Waals surface area contributed by atoms with Crippen LogP contribution in [0.5, 0.6) is 0 Å². The third-order valence-corrected chi connectivity index (χ3v) is 2.97. The van der Waals surface area contributed by atoms with Gasteiger partial charge in [0.05, 0.1) is 0 Å². The summed E-state index contributed by atoms with van der Waals surface area (Å²) in [4.78, 5) is 8.42. The zero-order valence-corrected chi connectivity index (χ0v) is 8.89. The van der Waals surface area contributed by atoms with Crippen LogP contribution >= 0.6 is 0 Å². The molecule has 0 saturated heterocycles. The average Bonchev–Trinajstić information content (AvgIpc) is 2.84. The number of hydrogen-bond acceptors (Lipinski definition) is 5. The van der Waals surface area contributed by atoms with E-state index in [1.807, 2.05) is 12.1 Å². The number of aromatic nitrogens is 2. The van der Waals surface area contributed by atoms with Crippen LogP contribution in [-0.4, -0.2) is 22.1 Å². The predicted molar refractivity (Wildman–Crippen MR) is 61.0 cm³/mol. The first-order chi connectivity index (χ1) is 7.81. The van der Waals surface area contributed by atoms with Gasteiger partial charge in [-0.1, -0.05) is 0 Å². The number of rotatable bonds is 2. The zero-order chi connectivity index (χ0) is 11.0. The quantitative estimate of drug-likeness (QED) is 0.799. The van der Waals surface area contributed by atoms with Crippen molar-refractivity contribution >= 4 is 17.2 Å². The van der Waals surface area contributed by atoms with Crippen LogP contribution in [0.2, 0.25) is 0 Å². The minimum absolute atomic E-state index is 0.306. The van der Waals surface area contributed by atoms with Crippen molar-refractivity contribution in [3.63, 3.8) is 0 Å². The van der Waals surface area contributed by atoms with Crippen molar-refractivity contribution in [2.45, 2.75) is 31.3 Å². The minimum Gasteiger partial charge on any atom is -0.404 e. The van der Waals surface area contributed by atoms with Gasteiger partial charge in [-0.15, -0.1) is 0 Å². The molecule has 5 nitrogen and oxygen atoms in total. The van der Waals surface area contributed by atoms with Crippen molar-refractivity contribution in [3.8, 4) is 0 Å². The largest absolute Gasteiger partial charge is 0.404 e. The minimum atomic E-state index is 0.306. The molecule has 0 radical (unpaired) electrons. The van der Waals surface area contributed by atoms with Crippen molar-refractivity contribution in [1.29, 1.82) is 0 Å². The highest BCUT2D eigenvalue weighted by atomic mass is 16.4. The first-order valence-electron chi connectivity index (χ1n) is 5.55. The summed E-state index contributed by atoms with van der Waals surface area (Å²) in [5.74, 6) is 0. The first-order valence-corrected chi connectivity index (χ1v) is 5.55. The van der Waals surface area contributed by atoms with E-state index in [0.29, 0.717) is 23.8 Å². The molecule has 84 valence electrons. The van der Waals surface area contributed by atoms with Gasteiger partial charge in [0, 0.05) is 18.3 Å². The number of pyridine rings is 1. The Morgan fingerprint density at radius 2 is 2.38 bits per heavy atom. The highest BCUT2D eigenvalue weighted by Crippen LogP contribution is 2.23. The number of nitrogens with zero attached hydrogens (tertiary/aromatic N) is 2. The second-order valence-corrected chi connectivity index (χ2v) is 4.26. The topological polar surface area (TPSA) is 77.0 Å². The summed E-state index contributed by atoms with van der Waals surface area (Å²) in [5, 5.41) is 3.26. The lowest BCUT2D eigenvalue weighted by Gasteiger charge is -2.08. The Balaban J connectivity index is 1.79. The lowest BCUT2D eigenvalue weighted by molar-refractivity contribution is 0.582. The van der Waals surface area contributed by atoms with Crippen molar-refractivity contribution in [2.24, 2.45) is 5.73 Å². The predicted octanol–water partition coefficient (Wildman–Crippen LogP) is 1.51. The second-order valence-electron chi connectivity index (χ2n) is 4.26. The molecule has 5 heteroatoms. The number of oxazole rings is 1. The fourth-order valence-corrected chi connectivity index (χ4v) is 2.15. The van der Waals surface area contributed by atoms with Crippen LogP contribution < -0.4 is 11.1 Å². The number of nitrogens with one attached hydrogen (secondary N) is 1. The van der Waals surface area contributed by atoms with Gasteiger partial charge in [0.15, 0.2) is 0 Å². The van der Waals surface area contributed by atoms with Gasteiger partial charge in [-0.25, -0.2) is 4.98 Å². The fraction of sp³-hybridized carbons (Fsp3) is 0.455. The Bertz CT molecular complexity index is 462. The van der Waals surface area contributed by atoms with Gasteiger partial charge >= 0.3 is 0 Å². The molecule has 16 heavy (non-hydrogen) atoms. The number of nitrogens with two attached hydrogens (primary N) is 1. The Morgan fingerprint density at radius 3 is 3.12 bits per heavy atom. The molecule has 1 saturated carbocycles.